The van der Waals surface area contributed by atoms with Crippen LogP contribution in [0, 0.1) is 4.64 Å². The second-order valence-electron chi connectivity index (χ2n) is 6.05. The van der Waals surface area contributed by atoms with Gasteiger partial charge in [0.2, 0.25) is 0 Å². The van der Waals surface area contributed by atoms with Gasteiger partial charge in [-0.25, -0.2) is 4.98 Å². The van der Waals surface area contributed by atoms with E-state index in [1.807, 2.05) is 6.07 Å². The van der Waals surface area contributed by atoms with E-state index in [2.05, 4.69) is 43.1 Å². The van der Waals surface area contributed by atoms with Crippen molar-refractivity contribution in [1.29, 1.82) is 0 Å². The number of rotatable bonds is 2. The first-order chi connectivity index (χ1) is 9.59. The molecule has 0 bridgehead atoms. The van der Waals surface area contributed by atoms with Crippen molar-refractivity contribution in [3.8, 4) is 0 Å². The van der Waals surface area contributed by atoms with Crippen molar-refractivity contribution in [2.45, 2.75) is 44.9 Å². The molecular weight excluding hydrogens is 264 g/mol. The van der Waals surface area contributed by atoms with E-state index in [0.29, 0.717) is 0 Å². The topological polar surface area (TPSA) is 28.7 Å². The number of aromatic amines is 1. The Morgan fingerprint density at radius 1 is 1.10 bits per heavy atom. The molecule has 0 atom stereocenters. The molecule has 0 radical (unpaired) electrons. The molecule has 1 aromatic heterocycles. The predicted molar refractivity (Wildman–Crippen MR) is 84.6 cm³/mol. The molecule has 3 rings (SSSR count). The van der Waals surface area contributed by atoms with Gasteiger partial charge in [0.05, 0.1) is 0 Å². The average molecular weight is 284 g/mol. The Hall–Kier alpha value is -1.48. The molecule has 104 valence electrons. The van der Waals surface area contributed by atoms with Crippen molar-refractivity contribution in [3.63, 3.8) is 0 Å². The molecule has 0 saturated heterocycles. The van der Waals surface area contributed by atoms with Gasteiger partial charge < -0.3 is 4.98 Å². The lowest BCUT2D eigenvalue weighted by molar-refractivity contribution is 0.567. The van der Waals surface area contributed by atoms with E-state index in [9.17, 15) is 0 Å². The SMILES string of the molecule is CC(C)(c1ccccc1)c1nc(=S)c2c([nH]1)CCCC2. The molecule has 1 aromatic carbocycles. The second kappa shape index (κ2) is 5.13. The van der Waals surface area contributed by atoms with Crippen LogP contribution in [0.4, 0.5) is 0 Å². The maximum Gasteiger partial charge on any atom is 0.133 e. The standard InChI is InChI=1S/C17H20N2S/c1-17(2,12-8-4-3-5-9-12)16-18-14-11-7-6-10-13(14)15(20)19-16/h3-5,8-9H,6-7,10-11H2,1-2H3,(H,18,19,20). The van der Waals surface area contributed by atoms with Crippen LogP contribution in [0.5, 0.6) is 0 Å². The minimum absolute atomic E-state index is 0.151. The van der Waals surface area contributed by atoms with Gasteiger partial charge in [0.25, 0.3) is 0 Å². The maximum absolute atomic E-state index is 5.51. The first kappa shape index (κ1) is 13.5. The Labute approximate surface area is 125 Å². The molecule has 0 unspecified atom stereocenters. The molecule has 0 amide bonds. The van der Waals surface area contributed by atoms with Crippen LogP contribution in [-0.4, -0.2) is 9.97 Å². The molecule has 1 aliphatic rings. The molecule has 3 heteroatoms. The molecule has 0 fully saturated rings. The van der Waals surface area contributed by atoms with Gasteiger partial charge in [0.15, 0.2) is 0 Å². The van der Waals surface area contributed by atoms with Gasteiger partial charge in [-0.1, -0.05) is 42.5 Å². The fraction of sp³-hybridized carbons (Fsp3) is 0.412. The Balaban J connectivity index is 2.11. The predicted octanol–water partition coefficient (Wildman–Crippen LogP) is 4.34. The van der Waals surface area contributed by atoms with Gasteiger partial charge in [-0.2, -0.15) is 0 Å². The third kappa shape index (κ3) is 2.31. The van der Waals surface area contributed by atoms with Crippen molar-refractivity contribution in [2.24, 2.45) is 0 Å². The normalized spacial score (nSPS) is 14.9. The lowest BCUT2D eigenvalue weighted by Crippen LogP contribution is -2.24. The first-order valence-electron chi connectivity index (χ1n) is 7.27. The number of nitrogens with zero attached hydrogens (tertiary/aromatic N) is 1. The summed E-state index contributed by atoms with van der Waals surface area (Å²) < 4.78 is 0.789. The largest absolute Gasteiger partial charge is 0.346 e. The molecule has 0 spiro atoms. The molecule has 0 aliphatic heterocycles. The van der Waals surface area contributed by atoms with Gasteiger partial charge in [0, 0.05) is 16.7 Å². The van der Waals surface area contributed by atoms with E-state index < -0.39 is 0 Å². The van der Waals surface area contributed by atoms with Crippen molar-refractivity contribution in [3.05, 3.63) is 57.6 Å². The van der Waals surface area contributed by atoms with Crippen molar-refractivity contribution in [2.75, 3.05) is 0 Å². The van der Waals surface area contributed by atoms with Crippen LogP contribution >= 0.6 is 12.2 Å². The van der Waals surface area contributed by atoms with E-state index in [0.717, 1.165) is 23.3 Å². The highest BCUT2D eigenvalue weighted by atomic mass is 32.1. The summed E-state index contributed by atoms with van der Waals surface area (Å²) in [5, 5.41) is 0. The Bertz CT molecular complexity index is 671. The van der Waals surface area contributed by atoms with E-state index in [-0.39, 0.29) is 5.41 Å². The third-order valence-electron chi connectivity index (χ3n) is 4.30. The lowest BCUT2D eigenvalue weighted by atomic mass is 9.83. The van der Waals surface area contributed by atoms with Crippen LogP contribution in [0.3, 0.4) is 0 Å². The van der Waals surface area contributed by atoms with E-state index in [1.165, 1.54) is 29.7 Å². The highest BCUT2D eigenvalue weighted by Crippen LogP contribution is 2.30. The number of nitrogens with one attached hydrogen (secondary N) is 1. The van der Waals surface area contributed by atoms with Crippen molar-refractivity contribution < 1.29 is 0 Å². The van der Waals surface area contributed by atoms with Gasteiger partial charge >= 0.3 is 0 Å². The number of hydrogen-bond acceptors (Lipinski definition) is 2. The van der Waals surface area contributed by atoms with Crippen LogP contribution in [0.25, 0.3) is 0 Å². The summed E-state index contributed by atoms with van der Waals surface area (Å²) in [5.41, 5.74) is 3.67. The van der Waals surface area contributed by atoms with Crippen LogP contribution in [0.15, 0.2) is 30.3 Å². The average Bonchev–Trinajstić information content (AvgIpc) is 2.48. The maximum atomic E-state index is 5.51. The summed E-state index contributed by atoms with van der Waals surface area (Å²) in [7, 11) is 0. The Morgan fingerprint density at radius 3 is 2.55 bits per heavy atom. The van der Waals surface area contributed by atoms with Gasteiger partial charge in [0.1, 0.15) is 10.5 Å². The monoisotopic (exact) mass is 284 g/mol. The molecule has 1 aliphatic carbocycles. The number of H-pyrrole nitrogens is 1. The zero-order valence-corrected chi connectivity index (χ0v) is 12.9. The zero-order valence-electron chi connectivity index (χ0n) is 12.1. The number of hydrogen-bond donors (Lipinski definition) is 1. The summed E-state index contributed by atoms with van der Waals surface area (Å²) in [4.78, 5) is 8.26. The minimum atomic E-state index is -0.151. The van der Waals surface area contributed by atoms with Crippen LogP contribution in [0.2, 0.25) is 0 Å². The molecule has 1 heterocycles. The number of aromatic nitrogens is 2. The fourth-order valence-electron chi connectivity index (χ4n) is 2.91. The smallest absolute Gasteiger partial charge is 0.133 e. The van der Waals surface area contributed by atoms with Crippen molar-refractivity contribution >= 4 is 12.2 Å². The molecule has 20 heavy (non-hydrogen) atoms. The molecule has 2 aromatic rings. The molecule has 2 nitrogen and oxygen atoms in total. The zero-order chi connectivity index (χ0) is 14.2. The third-order valence-corrected chi connectivity index (χ3v) is 4.63. The summed E-state index contributed by atoms with van der Waals surface area (Å²) in [5.74, 6) is 0.981. The molecular formula is C17H20N2S. The minimum Gasteiger partial charge on any atom is -0.346 e. The van der Waals surface area contributed by atoms with Crippen LogP contribution in [0.1, 0.15) is 49.3 Å². The van der Waals surface area contributed by atoms with Crippen molar-refractivity contribution in [1.82, 2.24) is 9.97 Å². The highest BCUT2D eigenvalue weighted by Gasteiger charge is 2.27. The van der Waals surface area contributed by atoms with Gasteiger partial charge in [-0.3, -0.25) is 0 Å². The van der Waals surface area contributed by atoms with Crippen LogP contribution in [-0.2, 0) is 18.3 Å². The number of benzene rings is 1. The summed E-state index contributed by atoms with van der Waals surface area (Å²) in [6.45, 7) is 4.40. The Kier molecular flexibility index (Phi) is 3.47. The fourth-order valence-corrected chi connectivity index (χ4v) is 3.22. The first-order valence-corrected chi connectivity index (χ1v) is 7.68. The van der Waals surface area contributed by atoms with E-state index in [4.69, 9.17) is 17.2 Å². The van der Waals surface area contributed by atoms with Crippen LogP contribution < -0.4 is 0 Å². The highest BCUT2D eigenvalue weighted by molar-refractivity contribution is 7.71. The number of aryl methyl sites for hydroxylation is 1. The number of fused-ring (bicyclic) bond motifs is 1. The van der Waals surface area contributed by atoms with Gasteiger partial charge in [-0.05, 0) is 45.1 Å². The molecule has 0 saturated carbocycles. The summed E-state index contributed by atoms with van der Waals surface area (Å²) in [6, 6.07) is 10.5. The second-order valence-corrected chi connectivity index (χ2v) is 6.43. The van der Waals surface area contributed by atoms with E-state index >= 15 is 0 Å². The Morgan fingerprint density at radius 2 is 1.80 bits per heavy atom. The quantitative estimate of drug-likeness (QED) is 0.831. The summed E-state index contributed by atoms with van der Waals surface area (Å²) in [6.07, 6.45) is 4.64. The summed E-state index contributed by atoms with van der Waals surface area (Å²) >= 11 is 5.51. The lowest BCUT2D eigenvalue weighted by Gasteiger charge is -2.26. The molecule has 1 N–H and O–H groups in total. The van der Waals surface area contributed by atoms with E-state index in [1.54, 1.807) is 0 Å². The van der Waals surface area contributed by atoms with Gasteiger partial charge in [-0.15, -0.1) is 0 Å².